The van der Waals surface area contributed by atoms with Crippen LogP contribution in [0.15, 0.2) is 12.4 Å². The highest BCUT2D eigenvalue weighted by atomic mass is 16.3. The smallest absolute Gasteiger partial charge is 0.129 e. The molecule has 1 aromatic heterocycles. The standard InChI is InChI=1S/C12H22N4O/c1-5-10-6-11(15-9-14-10)13-7-12(2,17)8-16(3)4/h6,9,17H,5,7-8H2,1-4H3,(H,13,14,15). The van der Waals surface area contributed by atoms with E-state index in [-0.39, 0.29) is 0 Å². The molecule has 0 aromatic carbocycles. The average molecular weight is 238 g/mol. The fraction of sp³-hybridized carbons (Fsp3) is 0.667. The molecule has 1 heterocycles. The van der Waals surface area contributed by atoms with E-state index in [0.717, 1.165) is 17.9 Å². The van der Waals surface area contributed by atoms with Gasteiger partial charge in [0.15, 0.2) is 0 Å². The third-order valence-electron chi connectivity index (χ3n) is 2.39. The molecule has 5 nitrogen and oxygen atoms in total. The Labute approximate surface area is 103 Å². The lowest BCUT2D eigenvalue weighted by Crippen LogP contribution is -2.43. The van der Waals surface area contributed by atoms with E-state index in [1.165, 1.54) is 0 Å². The summed E-state index contributed by atoms with van der Waals surface area (Å²) < 4.78 is 0. The van der Waals surface area contributed by atoms with Crippen molar-refractivity contribution < 1.29 is 5.11 Å². The van der Waals surface area contributed by atoms with Crippen molar-refractivity contribution in [2.24, 2.45) is 0 Å². The highest BCUT2D eigenvalue weighted by molar-refractivity contribution is 5.35. The van der Waals surface area contributed by atoms with Crippen molar-refractivity contribution in [2.75, 3.05) is 32.5 Å². The van der Waals surface area contributed by atoms with Gasteiger partial charge in [-0.1, -0.05) is 6.92 Å². The monoisotopic (exact) mass is 238 g/mol. The summed E-state index contributed by atoms with van der Waals surface area (Å²) in [6.07, 6.45) is 2.42. The van der Waals surface area contributed by atoms with Crippen LogP contribution in [0.2, 0.25) is 0 Å². The molecular formula is C12H22N4O. The van der Waals surface area contributed by atoms with Gasteiger partial charge in [0.2, 0.25) is 0 Å². The Morgan fingerprint density at radius 2 is 2.12 bits per heavy atom. The van der Waals surface area contributed by atoms with Crippen molar-refractivity contribution in [1.29, 1.82) is 0 Å². The number of hydrogen-bond acceptors (Lipinski definition) is 5. The van der Waals surface area contributed by atoms with Crippen LogP contribution in [0.5, 0.6) is 0 Å². The Morgan fingerprint density at radius 1 is 1.41 bits per heavy atom. The van der Waals surface area contributed by atoms with Crippen LogP contribution in [0.25, 0.3) is 0 Å². The number of aliphatic hydroxyl groups is 1. The zero-order chi connectivity index (χ0) is 12.9. The predicted molar refractivity (Wildman–Crippen MR) is 69.1 cm³/mol. The van der Waals surface area contributed by atoms with Gasteiger partial charge in [-0.3, -0.25) is 0 Å². The molecule has 0 aliphatic heterocycles. The molecule has 0 amide bonds. The van der Waals surface area contributed by atoms with E-state index < -0.39 is 5.60 Å². The number of nitrogens with one attached hydrogen (secondary N) is 1. The Kier molecular flexibility index (Phi) is 4.84. The molecule has 1 unspecified atom stereocenters. The number of aryl methyl sites for hydroxylation is 1. The third-order valence-corrected chi connectivity index (χ3v) is 2.39. The summed E-state index contributed by atoms with van der Waals surface area (Å²) >= 11 is 0. The minimum Gasteiger partial charge on any atom is -0.387 e. The fourth-order valence-electron chi connectivity index (χ4n) is 1.71. The van der Waals surface area contributed by atoms with Gasteiger partial charge in [-0.25, -0.2) is 9.97 Å². The van der Waals surface area contributed by atoms with E-state index in [1.54, 1.807) is 6.33 Å². The summed E-state index contributed by atoms with van der Waals surface area (Å²) in [5.74, 6) is 0.760. The topological polar surface area (TPSA) is 61.3 Å². The molecule has 0 fully saturated rings. The molecule has 0 saturated carbocycles. The first-order valence-corrected chi connectivity index (χ1v) is 5.85. The second-order valence-electron chi connectivity index (χ2n) is 4.84. The van der Waals surface area contributed by atoms with Gasteiger partial charge < -0.3 is 15.3 Å². The number of anilines is 1. The summed E-state index contributed by atoms with van der Waals surface area (Å²) in [6.45, 7) is 4.92. The largest absolute Gasteiger partial charge is 0.387 e. The Hall–Kier alpha value is -1.20. The SMILES string of the molecule is CCc1cc(NCC(C)(O)CN(C)C)ncn1. The summed E-state index contributed by atoms with van der Waals surface area (Å²) in [6, 6.07) is 1.91. The van der Waals surface area contributed by atoms with Gasteiger partial charge >= 0.3 is 0 Å². The van der Waals surface area contributed by atoms with Gasteiger partial charge in [0.05, 0.1) is 5.60 Å². The minimum absolute atomic E-state index is 0.464. The molecule has 1 aromatic rings. The highest BCUT2D eigenvalue weighted by Crippen LogP contribution is 2.09. The van der Waals surface area contributed by atoms with Crippen LogP contribution in [0.1, 0.15) is 19.5 Å². The van der Waals surface area contributed by atoms with E-state index >= 15 is 0 Å². The normalized spacial score (nSPS) is 14.7. The molecule has 0 spiro atoms. The lowest BCUT2D eigenvalue weighted by molar-refractivity contribution is 0.0459. The van der Waals surface area contributed by atoms with Crippen molar-refractivity contribution in [3.63, 3.8) is 0 Å². The van der Waals surface area contributed by atoms with Gasteiger partial charge in [0, 0.05) is 24.8 Å². The zero-order valence-electron chi connectivity index (χ0n) is 11.1. The van der Waals surface area contributed by atoms with Crippen LogP contribution < -0.4 is 5.32 Å². The minimum atomic E-state index is -0.777. The molecule has 0 bridgehead atoms. The van der Waals surface area contributed by atoms with E-state index in [2.05, 4.69) is 15.3 Å². The molecule has 0 aliphatic rings. The number of aromatic nitrogens is 2. The Bertz CT molecular complexity index is 352. The zero-order valence-corrected chi connectivity index (χ0v) is 11.1. The maximum Gasteiger partial charge on any atom is 0.129 e. The first-order chi connectivity index (χ1) is 7.93. The van der Waals surface area contributed by atoms with Crippen LogP contribution in [0.4, 0.5) is 5.82 Å². The molecule has 2 N–H and O–H groups in total. The molecule has 96 valence electrons. The van der Waals surface area contributed by atoms with E-state index in [9.17, 15) is 5.11 Å². The fourth-order valence-corrected chi connectivity index (χ4v) is 1.71. The van der Waals surface area contributed by atoms with Crippen molar-refractivity contribution in [1.82, 2.24) is 14.9 Å². The summed E-state index contributed by atoms with van der Waals surface area (Å²) in [5.41, 5.74) is 0.218. The number of rotatable bonds is 6. The van der Waals surface area contributed by atoms with Gasteiger partial charge in [0.25, 0.3) is 0 Å². The maximum absolute atomic E-state index is 10.1. The second kappa shape index (κ2) is 5.93. The van der Waals surface area contributed by atoms with E-state index in [4.69, 9.17) is 0 Å². The van der Waals surface area contributed by atoms with E-state index in [1.807, 2.05) is 38.9 Å². The van der Waals surface area contributed by atoms with Crippen LogP contribution >= 0.6 is 0 Å². The van der Waals surface area contributed by atoms with Crippen molar-refractivity contribution >= 4 is 5.82 Å². The van der Waals surface area contributed by atoms with Crippen molar-refractivity contribution in [3.05, 3.63) is 18.1 Å². The molecule has 0 saturated heterocycles. The molecule has 17 heavy (non-hydrogen) atoms. The van der Waals surface area contributed by atoms with Gasteiger partial charge in [-0.15, -0.1) is 0 Å². The maximum atomic E-state index is 10.1. The number of hydrogen-bond donors (Lipinski definition) is 2. The van der Waals surface area contributed by atoms with Crippen LogP contribution in [-0.4, -0.2) is 52.8 Å². The van der Waals surface area contributed by atoms with E-state index in [0.29, 0.717) is 13.1 Å². The molecule has 1 rings (SSSR count). The number of likely N-dealkylation sites (N-methyl/N-ethyl adjacent to an activating group) is 1. The van der Waals surface area contributed by atoms with Crippen molar-refractivity contribution in [2.45, 2.75) is 25.9 Å². The number of nitrogens with zero attached hydrogens (tertiary/aromatic N) is 3. The average Bonchev–Trinajstić information content (AvgIpc) is 2.25. The third kappa shape index (κ3) is 5.10. The lowest BCUT2D eigenvalue weighted by Gasteiger charge is -2.27. The van der Waals surface area contributed by atoms with Crippen LogP contribution in [-0.2, 0) is 6.42 Å². The molecule has 5 heteroatoms. The van der Waals surface area contributed by atoms with Crippen molar-refractivity contribution in [3.8, 4) is 0 Å². The quantitative estimate of drug-likeness (QED) is 0.766. The highest BCUT2D eigenvalue weighted by Gasteiger charge is 2.21. The first kappa shape index (κ1) is 13.9. The summed E-state index contributed by atoms with van der Waals surface area (Å²) in [4.78, 5) is 10.2. The molecular weight excluding hydrogens is 216 g/mol. The summed E-state index contributed by atoms with van der Waals surface area (Å²) in [7, 11) is 3.88. The van der Waals surface area contributed by atoms with Gasteiger partial charge in [-0.2, -0.15) is 0 Å². The Balaban J connectivity index is 2.54. The van der Waals surface area contributed by atoms with Gasteiger partial charge in [-0.05, 0) is 27.4 Å². The van der Waals surface area contributed by atoms with Crippen LogP contribution in [0.3, 0.4) is 0 Å². The van der Waals surface area contributed by atoms with Crippen LogP contribution in [0, 0.1) is 0 Å². The molecule has 0 aliphatic carbocycles. The molecule has 0 radical (unpaired) electrons. The molecule has 1 atom stereocenters. The second-order valence-corrected chi connectivity index (χ2v) is 4.84. The predicted octanol–water partition coefficient (Wildman–Crippen LogP) is 0.763. The lowest BCUT2D eigenvalue weighted by atomic mass is 10.1. The summed E-state index contributed by atoms with van der Waals surface area (Å²) in [5, 5.41) is 13.3. The first-order valence-electron chi connectivity index (χ1n) is 5.85. The Morgan fingerprint density at radius 3 is 2.71 bits per heavy atom. The van der Waals surface area contributed by atoms with Gasteiger partial charge in [0.1, 0.15) is 12.1 Å².